The van der Waals surface area contributed by atoms with Crippen LogP contribution in [-0.2, 0) is 11.3 Å². The van der Waals surface area contributed by atoms with Crippen LogP contribution >= 0.6 is 0 Å². The minimum atomic E-state index is -0.0137. The summed E-state index contributed by atoms with van der Waals surface area (Å²) in [6.45, 7) is 0.597. The Balaban J connectivity index is 1.89. The van der Waals surface area contributed by atoms with Gasteiger partial charge in [-0.25, -0.2) is 0 Å². The standard InChI is InChI=1S/C16H18N2O3/c1-19-15-9-13(16(17)18)7-8-14(15)21-11-20-10-12-5-3-2-4-6-12/h2-9H,10-11H2,1H3,(H3,17,18). The molecule has 0 bridgehead atoms. The molecular formula is C16H18N2O3. The fraction of sp³-hybridized carbons (Fsp3) is 0.188. The molecule has 0 aliphatic carbocycles. The SMILES string of the molecule is COc1cc(C(=N)N)ccc1OCOCc1ccccc1. The summed E-state index contributed by atoms with van der Waals surface area (Å²) in [5, 5.41) is 7.40. The second-order valence-corrected chi connectivity index (χ2v) is 4.38. The number of nitrogen functional groups attached to an aromatic ring is 1. The molecule has 5 heteroatoms. The number of hydrogen-bond acceptors (Lipinski definition) is 4. The van der Waals surface area contributed by atoms with Crippen LogP contribution in [0.3, 0.4) is 0 Å². The topological polar surface area (TPSA) is 77.6 Å². The Morgan fingerprint density at radius 1 is 1.10 bits per heavy atom. The first-order valence-corrected chi connectivity index (χ1v) is 6.47. The Bertz CT molecular complexity index is 600. The van der Waals surface area contributed by atoms with Gasteiger partial charge in [0.25, 0.3) is 0 Å². The highest BCUT2D eigenvalue weighted by Crippen LogP contribution is 2.27. The molecule has 0 radical (unpaired) electrons. The Kier molecular flexibility index (Phi) is 5.17. The first-order valence-electron chi connectivity index (χ1n) is 6.47. The summed E-state index contributed by atoms with van der Waals surface area (Å²) < 4.78 is 16.2. The Labute approximate surface area is 123 Å². The molecule has 110 valence electrons. The van der Waals surface area contributed by atoms with Crippen LogP contribution in [0, 0.1) is 5.41 Å². The van der Waals surface area contributed by atoms with Gasteiger partial charge in [0, 0.05) is 5.56 Å². The summed E-state index contributed by atoms with van der Waals surface area (Å²) in [6.07, 6.45) is 0. The number of ether oxygens (including phenoxy) is 3. The number of nitrogens with two attached hydrogens (primary N) is 1. The highest BCUT2D eigenvalue weighted by molar-refractivity contribution is 5.95. The zero-order valence-electron chi connectivity index (χ0n) is 11.8. The van der Waals surface area contributed by atoms with Gasteiger partial charge in [0.2, 0.25) is 0 Å². The predicted octanol–water partition coefficient (Wildman–Crippen LogP) is 2.53. The summed E-state index contributed by atoms with van der Waals surface area (Å²) in [5.74, 6) is 1.06. The van der Waals surface area contributed by atoms with Gasteiger partial charge in [-0.1, -0.05) is 30.3 Å². The van der Waals surface area contributed by atoms with Gasteiger partial charge in [0.1, 0.15) is 5.84 Å². The number of benzene rings is 2. The molecule has 3 N–H and O–H groups in total. The van der Waals surface area contributed by atoms with Crippen molar-refractivity contribution in [2.24, 2.45) is 5.73 Å². The van der Waals surface area contributed by atoms with Crippen LogP contribution in [0.1, 0.15) is 11.1 Å². The van der Waals surface area contributed by atoms with E-state index in [1.165, 1.54) is 7.11 Å². The second-order valence-electron chi connectivity index (χ2n) is 4.38. The number of rotatable bonds is 7. The Morgan fingerprint density at radius 2 is 1.86 bits per heavy atom. The summed E-state index contributed by atoms with van der Waals surface area (Å²) in [6, 6.07) is 14.9. The van der Waals surface area contributed by atoms with Crippen LogP contribution < -0.4 is 15.2 Å². The normalized spacial score (nSPS) is 10.1. The van der Waals surface area contributed by atoms with Crippen molar-refractivity contribution in [1.82, 2.24) is 0 Å². The molecule has 0 fully saturated rings. The highest BCUT2D eigenvalue weighted by Gasteiger charge is 2.07. The maximum absolute atomic E-state index is 7.40. The molecule has 0 atom stereocenters. The molecule has 21 heavy (non-hydrogen) atoms. The van der Waals surface area contributed by atoms with E-state index in [1.807, 2.05) is 30.3 Å². The fourth-order valence-corrected chi connectivity index (χ4v) is 1.79. The summed E-state index contributed by atoms with van der Waals surface area (Å²) in [4.78, 5) is 0. The molecule has 2 aromatic rings. The van der Waals surface area contributed by atoms with Gasteiger partial charge in [-0.15, -0.1) is 0 Å². The minimum absolute atomic E-state index is 0.0137. The van der Waals surface area contributed by atoms with Crippen LogP contribution in [0.5, 0.6) is 11.5 Å². The molecule has 0 heterocycles. The van der Waals surface area contributed by atoms with E-state index in [-0.39, 0.29) is 12.6 Å². The third-order valence-corrected chi connectivity index (χ3v) is 2.88. The lowest BCUT2D eigenvalue weighted by Gasteiger charge is -2.12. The van der Waals surface area contributed by atoms with E-state index in [1.54, 1.807) is 18.2 Å². The zero-order valence-corrected chi connectivity index (χ0v) is 11.8. The third kappa shape index (κ3) is 4.22. The third-order valence-electron chi connectivity index (χ3n) is 2.88. The quantitative estimate of drug-likeness (QED) is 0.355. The van der Waals surface area contributed by atoms with Gasteiger partial charge in [0.05, 0.1) is 13.7 Å². The molecule has 0 aliphatic heterocycles. The Morgan fingerprint density at radius 3 is 2.52 bits per heavy atom. The first kappa shape index (κ1) is 14.9. The van der Waals surface area contributed by atoms with Crippen LogP contribution in [0.2, 0.25) is 0 Å². The average Bonchev–Trinajstić information content (AvgIpc) is 2.52. The predicted molar refractivity (Wildman–Crippen MR) is 80.7 cm³/mol. The van der Waals surface area contributed by atoms with Crippen molar-refractivity contribution < 1.29 is 14.2 Å². The van der Waals surface area contributed by atoms with Crippen molar-refractivity contribution in [2.75, 3.05) is 13.9 Å². The van der Waals surface area contributed by atoms with Crippen molar-refractivity contribution in [1.29, 1.82) is 5.41 Å². The lowest BCUT2D eigenvalue weighted by molar-refractivity contribution is 0.00376. The van der Waals surface area contributed by atoms with Crippen molar-refractivity contribution in [3.63, 3.8) is 0 Å². The molecule has 0 unspecified atom stereocenters. The molecule has 2 rings (SSSR count). The molecule has 5 nitrogen and oxygen atoms in total. The van der Waals surface area contributed by atoms with Crippen molar-refractivity contribution in [2.45, 2.75) is 6.61 Å². The Hall–Kier alpha value is -2.53. The second kappa shape index (κ2) is 7.31. The largest absolute Gasteiger partial charge is 0.493 e. The van der Waals surface area contributed by atoms with Gasteiger partial charge in [-0.05, 0) is 23.8 Å². The van der Waals surface area contributed by atoms with E-state index >= 15 is 0 Å². The fourth-order valence-electron chi connectivity index (χ4n) is 1.79. The monoisotopic (exact) mass is 286 g/mol. The first-order chi connectivity index (χ1) is 10.2. The van der Waals surface area contributed by atoms with Crippen LogP contribution in [0.25, 0.3) is 0 Å². The molecule has 0 spiro atoms. The molecule has 0 amide bonds. The highest BCUT2D eigenvalue weighted by atomic mass is 16.7. The van der Waals surface area contributed by atoms with Gasteiger partial charge >= 0.3 is 0 Å². The van der Waals surface area contributed by atoms with E-state index in [4.69, 9.17) is 25.4 Å². The summed E-state index contributed by atoms with van der Waals surface area (Å²) in [7, 11) is 1.54. The molecule has 0 aromatic heterocycles. The minimum Gasteiger partial charge on any atom is -0.493 e. The number of nitrogens with one attached hydrogen (secondary N) is 1. The van der Waals surface area contributed by atoms with Crippen LogP contribution in [0.15, 0.2) is 48.5 Å². The van der Waals surface area contributed by atoms with E-state index in [0.717, 1.165) is 5.56 Å². The van der Waals surface area contributed by atoms with Gasteiger partial charge in [-0.3, -0.25) is 5.41 Å². The number of amidine groups is 1. The number of hydrogen-bond donors (Lipinski definition) is 2. The molecule has 0 saturated heterocycles. The zero-order chi connectivity index (χ0) is 15.1. The smallest absolute Gasteiger partial charge is 0.189 e. The van der Waals surface area contributed by atoms with Crippen molar-refractivity contribution in [3.05, 3.63) is 59.7 Å². The van der Waals surface area contributed by atoms with Crippen LogP contribution in [0.4, 0.5) is 0 Å². The molecular weight excluding hydrogens is 268 g/mol. The van der Waals surface area contributed by atoms with Gasteiger partial charge in [0.15, 0.2) is 18.3 Å². The van der Waals surface area contributed by atoms with Crippen molar-refractivity contribution in [3.8, 4) is 11.5 Å². The summed E-state index contributed by atoms with van der Waals surface area (Å²) in [5.41, 5.74) is 7.11. The van der Waals surface area contributed by atoms with E-state index in [2.05, 4.69) is 0 Å². The maximum Gasteiger partial charge on any atom is 0.189 e. The average molecular weight is 286 g/mol. The summed E-state index contributed by atoms with van der Waals surface area (Å²) >= 11 is 0. The van der Waals surface area contributed by atoms with Crippen LogP contribution in [-0.4, -0.2) is 19.7 Å². The molecule has 0 aliphatic rings. The molecule has 2 aromatic carbocycles. The number of methoxy groups -OCH3 is 1. The van der Waals surface area contributed by atoms with E-state index in [9.17, 15) is 0 Å². The maximum atomic E-state index is 7.40. The van der Waals surface area contributed by atoms with Gasteiger partial charge in [-0.2, -0.15) is 0 Å². The van der Waals surface area contributed by atoms with E-state index in [0.29, 0.717) is 23.7 Å². The lowest BCUT2D eigenvalue weighted by atomic mass is 10.2. The van der Waals surface area contributed by atoms with Gasteiger partial charge < -0.3 is 19.9 Å². The van der Waals surface area contributed by atoms with Crippen molar-refractivity contribution >= 4 is 5.84 Å². The van der Waals surface area contributed by atoms with E-state index < -0.39 is 0 Å². The molecule has 0 saturated carbocycles. The lowest BCUT2D eigenvalue weighted by Crippen LogP contribution is -2.11.